The number of aromatic hydroxyl groups is 1. The molecule has 118 valence electrons. The molecule has 1 atom stereocenters. The third-order valence-electron chi connectivity index (χ3n) is 3.58. The summed E-state index contributed by atoms with van der Waals surface area (Å²) in [5.41, 5.74) is -0.104. The molecule has 1 N–H and O–H groups in total. The molecule has 0 bridgehead atoms. The van der Waals surface area contributed by atoms with Crippen LogP contribution in [0.5, 0.6) is 5.75 Å². The Labute approximate surface area is 128 Å². The van der Waals surface area contributed by atoms with E-state index in [0.29, 0.717) is 17.4 Å². The molecule has 1 unspecified atom stereocenters. The van der Waals surface area contributed by atoms with Crippen LogP contribution in [0.3, 0.4) is 0 Å². The van der Waals surface area contributed by atoms with Crippen molar-refractivity contribution in [3.8, 4) is 5.75 Å². The van der Waals surface area contributed by atoms with Crippen molar-refractivity contribution >= 4 is 16.9 Å². The number of benzene rings is 1. The first-order valence-electron chi connectivity index (χ1n) is 7.48. The molecule has 0 aliphatic carbocycles. The van der Waals surface area contributed by atoms with E-state index in [1.165, 1.54) is 0 Å². The number of esters is 1. The summed E-state index contributed by atoms with van der Waals surface area (Å²) in [6.45, 7) is 3.97. The maximum atomic E-state index is 12.2. The summed E-state index contributed by atoms with van der Waals surface area (Å²) in [5, 5.41) is 10.9. The number of hydrogen-bond donors (Lipinski definition) is 1. The van der Waals surface area contributed by atoms with Crippen LogP contribution in [0.4, 0.5) is 0 Å². The predicted octanol–water partition coefficient (Wildman–Crippen LogP) is 3.34. The Bertz CT molecular complexity index is 717. The largest absolute Gasteiger partial charge is 0.507 e. The van der Waals surface area contributed by atoms with Gasteiger partial charge in [-0.2, -0.15) is 0 Å². The molecule has 0 aliphatic heterocycles. The fraction of sp³-hybridized carbons (Fsp3) is 0.412. The molecule has 1 heterocycles. The summed E-state index contributed by atoms with van der Waals surface area (Å²) in [6, 6.07) is 6.80. The summed E-state index contributed by atoms with van der Waals surface area (Å²) < 4.78 is 10.2. The van der Waals surface area contributed by atoms with E-state index in [1.54, 1.807) is 31.2 Å². The highest BCUT2D eigenvalue weighted by atomic mass is 16.5. The smallest absolute Gasteiger partial charge is 0.343 e. The number of carbonyl (C=O) groups is 1. The number of hydrogen-bond acceptors (Lipinski definition) is 5. The van der Waals surface area contributed by atoms with E-state index < -0.39 is 11.5 Å². The van der Waals surface area contributed by atoms with Crippen LogP contribution in [0, 0.1) is 0 Å². The van der Waals surface area contributed by atoms with Gasteiger partial charge in [-0.3, -0.25) is 4.79 Å². The molecule has 5 heteroatoms. The maximum Gasteiger partial charge on any atom is 0.343 e. The van der Waals surface area contributed by atoms with E-state index in [9.17, 15) is 14.7 Å². The van der Waals surface area contributed by atoms with Crippen LogP contribution in [-0.4, -0.2) is 17.7 Å². The minimum atomic E-state index is -0.598. The van der Waals surface area contributed by atoms with Crippen LogP contribution in [-0.2, 0) is 9.53 Å². The van der Waals surface area contributed by atoms with E-state index in [1.807, 2.05) is 6.92 Å². The van der Waals surface area contributed by atoms with E-state index in [4.69, 9.17) is 9.15 Å². The highest BCUT2D eigenvalue weighted by Gasteiger charge is 2.25. The monoisotopic (exact) mass is 304 g/mol. The molecule has 1 aromatic carbocycles. The van der Waals surface area contributed by atoms with E-state index in [2.05, 4.69) is 0 Å². The first-order valence-corrected chi connectivity index (χ1v) is 7.48. The van der Waals surface area contributed by atoms with Crippen molar-refractivity contribution in [1.82, 2.24) is 0 Å². The molecule has 5 nitrogen and oxygen atoms in total. The lowest BCUT2D eigenvalue weighted by molar-refractivity contribution is -0.143. The number of rotatable bonds is 6. The zero-order valence-corrected chi connectivity index (χ0v) is 12.8. The number of carbonyl (C=O) groups excluding carboxylic acids is 1. The summed E-state index contributed by atoms with van der Waals surface area (Å²) in [5.74, 6) is -0.896. The standard InChI is InChI=1S/C17H20O5/c1-3-7-11(10-14(18)21-4-2)15-16(19)12-8-5-6-9-13(12)22-17(15)20/h5-6,8-9,11,19H,3-4,7,10H2,1-2H3. The molecule has 2 aromatic rings. The summed E-state index contributed by atoms with van der Waals surface area (Å²) >= 11 is 0. The Kier molecular flexibility index (Phi) is 5.20. The molecular formula is C17H20O5. The second kappa shape index (κ2) is 7.11. The minimum Gasteiger partial charge on any atom is -0.507 e. The van der Waals surface area contributed by atoms with Crippen molar-refractivity contribution in [2.45, 2.75) is 39.0 Å². The van der Waals surface area contributed by atoms with E-state index in [-0.39, 0.29) is 30.3 Å². The summed E-state index contributed by atoms with van der Waals surface area (Å²) in [4.78, 5) is 24.0. The topological polar surface area (TPSA) is 76.7 Å². The van der Waals surface area contributed by atoms with E-state index >= 15 is 0 Å². The van der Waals surface area contributed by atoms with E-state index in [0.717, 1.165) is 6.42 Å². The fourth-order valence-electron chi connectivity index (χ4n) is 2.63. The average Bonchev–Trinajstić information content (AvgIpc) is 2.47. The fourth-order valence-corrected chi connectivity index (χ4v) is 2.63. The molecule has 0 spiro atoms. The van der Waals surface area contributed by atoms with Gasteiger partial charge in [-0.25, -0.2) is 4.79 Å². The predicted molar refractivity (Wildman–Crippen MR) is 83.0 cm³/mol. The number of ether oxygens (including phenoxy) is 1. The van der Waals surface area contributed by atoms with Crippen molar-refractivity contribution in [3.05, 3.63) is 40.2 Å². The van der Waals surface area contributed by atoms with Gasteiger partial charge in [-0.1, -0.05) is 25.5 Å². The van der Waals surface area contributed by atoms with Crippen LogP contribution in [0.2, 0.25) is 0 Å². The van der Waals surface area contributed by atoms with Gasteiger partial charge >= 0.3 is 11.6 Å². The molecule has 0 fully saturated rings. The van der Waals surface area contributed by atoms with Gasteiger partial charge in [0, 0.05) is 5.92 Å². The third kappa shape index (κ3) is 3.30. The summed E-state index contributed by atoms with van der Waals surface area (Å²) in [6.07, 6.45) is 1.42. The van der Waals surface area contributed by atoms with Crippen LogP contribution >= 0.6 is 0 Å². The molecule has 1 aromatic heterocycles. The molecule has 22 heavy (non-hydrogen) atoms. The Balaban J connectivity index is 2.49. The van der Waals surface area contributed by atoms with Crippen LogP contribution in [0.15, 0.2) is 33.5 Å². The molecule has 0 saturated carbocycles. The number of fused-ring (bicyclic) bond motifs is 1. The SMILES string of the molecule is CCCC(CC(=O)OCC)c1c(O)c2ccccc2oc1=O. The van der Waals surface area contributed by atoms with Gasteiger partial charge in [-0.05, 0) is 25.5 Å². The highest BCUT2D eigenvalue weighted by molar-refractivity contribution is 5.84. The van der Waals surface area contributed by atoms with Crippen molar-refractivity contribution < 1.29 is 19.1 Å². The van der Waals surface area contributed by atoms with Crippen LogP contribution in [0.25, 0.3) is 11.0 Å². The molecular weight excluding hydrogens is 284 g/mol. The van der Waals surface area contributed by atoms with Crippen molar-refractivity contribution in [3.63, 3.8) is 0 Å². The van der Waals surface area contributed by atoms with Gasteiger partial charge in [0.05, 0.1) is 24.0 Å². The van der Waals surface area contributed by atoms with Crippen molar-refractivity contribution in [2.75, 3.05) is 6.61 Å². The average molecular weight is 304 g/mol. The second-order valence-electron chi connectivity index (χ2n) is 5.14. The van der Waals surface area contributed by atoms with Crippen LogP contribution in [0.1, 0.15) is 44.6 Å². The molecule has 0 saturated heterocycles. The lowest BCUT2D eigenvalue weighted by Crippen LogP contribution is -2.17. The molecule has 0 amide bonds. The van der Waals surface area contributed by atoms with Gasteiger partial charge < -0.3 is 14.3 Å². The van der Waals surface area contributed by atoms with Gasteiger partial charge in [0.15, 0.2) is 0 Å². The normalized spacial score (nSPS) is 12.3. The molecule has 2 rings (SSSR count). The lowest BCUT2D eigenvalue weighted by atomic mass is 9.91. The highest BCUT2D eigenvalue weighted by Crippen LogP contribution is 2.34. The minimum absolute atomic E-state index is 0.0539. The van der Waals surface area contributed by atoms with Crippen LogP contribution < -0.4 is 5.63 Å². The van der Waals surface area contributed by atoms with Gasteiger partial charge in [-0.15, -0.1) is 0 Å². The van der Waals surface area contributed by atoms with Crippen molar-refractivity contribution in [2.24, 2.45) is 0 Å². The Morgan fingerprint density at radius 1 is 1.32 bits per heavy atom. The van der Waals surface area contributed by atoms with Gasteiger partial charge in [0.1, 0.15) is 11.3 Å². The third-order valence-corrected chi connectivity index (χ3v) is 3.58. The summed E-state index contributed by atoms with van der Waals surface area (Å²) in [7, 11) is 0. The maximum absolute atomic E-state index is 12.2. The zero-order valence-electron chi connectivity index (χ0n) is 12.8. The van der Waals surface area contributed by atoms with Gasteiger partial charge in [0.25, 0.3) is 0 Å². The Hall–Kier alpha value is -2.30. The first-order chi connectivity index (χ1) is 10.6. The first kappa shape index (κ1) is 16.1. The Morgan fingerprint density at radius 3 is 2.73 bits per heavy atom. The Morgan fingerprint density at radius 2 is 2.05 bits per heavy atom. The molecule has 0 aliphatic rings. The van der Waals surface area contributed by atoms with Gasteiger partial charge in [0.2, 0.25) is 0 Å². The second-order valence-corrected chi connectivity index (χ2v) is 5.14. The quantitative estimate of drug-likeness (QED) is 0.654. The number of para-hydroxylation sites is 1. The lowest BCUT2D eigenvalue weighted by Gasteiger charge is -2.16. The van der Waals surface area contributed by atoms with Crippen molar-refractivity contribution in [1.29, 1.82) is 0 Å². The zero-order chi connectivity index (χ0) is 16.1. The molecule has 0 radical (unpaired) electrons.